The van der Waals surface area contributed by atoms with Crippen molar-refractivity contribution >= 4 is 10.0 Å². The fourth-order valence-corrected chi connectivity index (χ4v) is 3.85. The van der Waals surface area contributed by atoms with Crippen LogP contribution in [0.1, 0.15) is 38.5 Å². The lowest BCUT2D eigenvalue weighted by Gasteiger charge is -2.34. The molecule has 1 saturated carbocycles. The molecule has 1 heterocycles. The Morgan fingerprint density at radius 3 is 2.44 bits per heavy atom. The Morgan fingerprint density at radius 2 is 1.78 bits per heavy atom. The van der Waals surface area contributed by atoms with Crippen LogP contribution < -0.4 is 4.72 Å². The number of sulfonamides is 1. The highest BCUT2D eigenvalue weighted by Gasteiger charge is 2.24. The smallest absolute Gasteiger partial charge is 0.208 e. The Hall–Kier alpha value is -0.130. The average molecular weight is 274 g/mol. The van der Waals surface area contributed by atoms with E-state index in [1.54, 1.807) is 0 Å². The van der Waals surface area contributed by atoms with Crippen LogP contribution in [-0.4, -0.2) is 45.8 Å². The van der Waals surface area contributed by atoms with E-state index in [-0.39, 0.29) is 0 Å². The first kappa shape index (κ1) is 14.3. The van der Waals surface area contributed by atoms with Gasteiger partial charge in [-0.3, -0.25) is 0 Å². The minimum absolute atomic E-state index is 0.495. The average Bonchev–Trinajstić information content (AvgIpc) is 2.79. The van der Waals surface area contributed by atoms with Crippen LogP contribution in [0.15, 0.2) is 0 Å². The van der Waals surface area contributed by atoms with Crippen molar-refractivity contribution in [2.45, 2.75) is 38.5 Å². The topological polar surface area (TPSA) is 49.4 Å². The predicted octanol–water partition coefficient (Wildman–Crippen LogP) is 1.44. The molecule has 0 bridgehead atoms. The van der Waals surface area contributed by atoms with E-state index in [4.69, 9.17) is 0 Å². The van der Waals surface area contributed by atoms with Gasteiger partial charge in [0.25, 0.3) is 0 Å². The SMILES string of the molecule is CS(=O)(=O)NC[C@H]1CCCN(CC2CCCC2)C1. The summed E-state index contributed by atoms with van der Waals surface area (Å²) in [5.74, 6) is 1.39. The van der Waals surface area contributed by atoms with E-state index in [1.165, 1.54) is 51.4 Å². The van der Waals surface area contributed by atoms with Gasteiger partial charge in [0.1, 0.15) is 0 Å². The van der Waals surface area contributed by atoms with Crippen LogP contribution >= 0.6 is 0 Å². The molecular weight excluding hydrogens is 248 g/mol. The second kappa shape index (κ2) is 6.35. The van der Waals surface area contributed by atoms with E-state index in [2.05, 4.69) is 9.62 Å². The molecule has 4 nitrogen and oxygen atoms in total. The quantitative estimate of drug-likeness (QED) is 0.825. The van der Waals surface area contributed by atoms with E-state index in [1.807, 2.05) is 0 Å². The number of hydrogen-bond acceptors (Lipinski definition) is 3. The van der Waals surface area contributed by atoms with Crippen LogP contribution in [-0.2, 0) is 10.0 Å². The van der Waals surface area contributed by atoms with Crippen molar-refractivity contribution in [2.24, 2.45) is 11.8 Å². The first-order valence-electron chi connectivity index (χ1n) is 7.20. The molecule has 1 saturated heterocycles. The zero-order valence-electron chi connectivity index (χ0n) is 11.4. The molecule has 5 heteroatoms. The Bertz CT molecular complexity index is 350. The Morgan fingerprint density at radius 1 is 1.11 bits per heavy atom. The van der Waals surface area contributed by atoms with Gasteiger partial charge in [-0.2, -0.15) is 0 Å². The molecule has 0 aromatic carbocycles. The van der Waals surface area contributed by atoms with Gasteiger partial charge in [-0.05, 0) is 44.1 Å². The maximum absolute atomic E-state index is 11.1. The molecule has 0 spiro atoms. The molecule has 106 valence electrons. The normalized spacial score (nSPS) is 27.7. The van der Waals surface area contributed by atoms with Gasteiger partial charge in [0, 0.05) is 19.6 Å². The molecule has 1 aliphatic heterocycles. The number of nitrogens with one attached hydrogen (secondary N) is 1. The maximum atomic E-state index is 11.1. The summed E-state index contributed by atoms with van der Waals surface area (Å²) in [7, 11) is -3.03. The van der Waals surface area contributed by atoms with E-state index in [0.717, 1.165) is 18.9 Å². The Balaban J connectivity index is 1.73. The lowest BCUT2D eigenvalue weighted by atomic mass is 9.97. The monoisotopic (exact) mass is 274 g/mol. The van der Waals surface area contributed by atoms with Crippen molar-refractivity contribution in [3.63, 3.8) is 0 Å². The van der Waals surface area contributed by atoms with Crippen LogP contribution in [0, 0.1) is 11.8 Å². The van der Waals surface area contributed by atoms with Gasteiger partial charge in [0.05, 0.1) is 6.26 Å². The van der Waals surface area contributed by atoms with Crippen molar-refractivity contribution in [3.05, 3.63) is 0 Å². The largest absolute Gasteiger partial charge is 0.303 e. The first-order chi connectivity index (χ1) is 8.53. The third-order valence-corrected chi connectivity index (χ3v) is 4.92. The third-order valence-electron chi connectivity index (χ3n) is 4.23. The van der Waals surface area contributed by atoms with Crippen LogP contribution in [0.3, 0.4) is 0 Å². The van der Waals surface area contributed by atoms with Crippen LogP contribution in [0.4, 0.5) is 0 Å². The molecule has 1 atom stereocenters. The maximum Gasteiger partial charge on any atom is 0.208 e. The van der Waals surface area contributed by atoms with E-state index in [0.29, 0.717) is 12.5 Å². The van der Waals surface area contributed by atoms with Crippen molar-refractivity contribution < 1.29 is 8.42 Å². The van der Waals surface area contributed by atoms with Crippen LogP contribution in [0.5, 0.6) is 0 Å². The van der Waals surface area contributed by atoms with E-state index < -0.39 is 10.0 Å². The molecule has 0 amide bonds. The number of nitrogens with zero attached hydrogens (tertiary/aromatic N) is 1. The van der Waals surface area contributed by atoms with Crippen molar-refractivity contribution in [2.75, 3.05) is 32.4 Å². The first-order valence-corrected chi connectivity index (χ1v) is 9.09. The summed E-state index contributed by atoms with van der Waals surface area (Å²) in [4.78, 5) is 2.55. The molecule has 0 aromatic rings. The fraction of sp³-hybridized carbons (Fsp3) is 1.00. The highest BCUT2D eigenvalue weighted by atomic mass is 32.2. The van der Waals surface area contributed by atoms with Gasteiger partial charge >= 0.3 is 0 Å². The molecule has 1 aliphatic carbocycles. The Labute approximate surface area is 111 Å². The molecule has 0 unspecified atom stereocenters. The zero-order chi connectivity index (χ0) is 13.0. The number of rotatable bonds is 5. The second-order valence-corrected chi connectivity index (χ2v) is 7.87. The van der Waals surface area contributed by atoms with Crippen molar-refractivity contribution in [1.82, 2.24) is 9.62 Å². The molecule has 2 rings (SSSR count). The molecule has 18 heavy (non-hydrogen) atoms. The summed E-state index contributed by atoms with van der Waals surface area (Å²) in [5.41, 5.74) is 0. The molecular formula is C13H26N2O2S. The molecule has 0 radical (unpaired) electrons. The van der Waals surface area contributed by atoms with Gasteiger partial charge in [-0.1, -0.05) is 12.8 Å². The summed E-state index contributed by atoms with van der Waals surface area (Å²) in [6, 6.07) is 0. The number of piperidine rings is 1. The van der Waals surface area contributed by atoms with Gasteiger partial charge in [0.2, 0.25) is 10.0 Å². The number of hydrogen-bond donors (Lipinski definition) is 1. The zero-order valence-corrected chi connectivity index (χ0v) is 12.2. The standard InChI is InChI=1S/C13H26N2O2S/c1-18(16,17)14-9-13-7-4-8-15(11-13)10-12-5-2-3-6-12/h12-14H,2-11H2,1H3/t13-/m1/s1. The minimum atomic E-state index is -3.03. The van der Waals surface area contributed by atoms with E-state index >= 15 is 0 Å². The summed E-state index contributed by atoms with van der Waals surface area (Å²) in [6.45, 7) is 4.11. The van der Waals surface area contributed by atoms with Crippen LogP contribution in [0.2, 0.25) is 0 Å². The van der Waals surface area contributed by atoms with Crippen molar-refractivity contribution in [3.8, 4) is 0 Å². The lowest BCUT2D eigenvalue weighted by molar-refractivity contribution is 0.153. The summed E-state index contributed by atoms with van der Waals surface area (Å²) < 4.78 is 24.9. The second-order valence-electron chi connectivity index (χ2n) is 6.04. The lowest BCUT2D eigenvalue weighted by Crippen LogP contribution is -2.42. The molecule has 0 aromatic heterocycles. The fourth-order valence-electron chi connectivity index (χ4n) is 3.31. The predicted molar refractivity (Wildman–Crippen MR) is 74.0 cm³/mol. The molecule has 2 aliphatic rings. The minimum Gasteiger partial charge on any atom is -0.303 e. The van der Waals surface area contributed by atoms with Gasteiger partial charge in [0.15, 0.2) is 0 Å². The van der Waals surface area contributed by atoms with Gasteiger partial charge in [-0.25, -0.2) is 13.1 Å². The Kier molecular flexibility index (Phi) is 5.04. The summed E-state index contributed by atoms with van der Waals surface area (Å²) in [6.07, 6.45) is 9.19. The van der Waals surface area contributed by atoms with E-state index in [9.17, 15) is 8.42 Å². The van der Waals surface area contributed by atoms with Crippen LogP contribution in [0.25, 0.3) is 0 Å². The highest BCUT2D eigenvalue weighted by Crippen LogP contribution is 2.27. The van der Waals surface area contributed by atoms with Crippen molar-refractivity contribution in [1.29, 1.82) is 0 Å². The molecule has 1 N–H and O–H groups in total. The van der Waals surface area contributed by atoms with Gasteiger partial charge < -0.3 is 4.90 Å². The summed E-state index contributed by atoms with van der Waals surface area (Å²) in [5, 5.41) is 0. The summed E-state index contributed by atoms with van der Waals surface area (Å²) >= 11 is 0. The van der Waals surface area contributed by atoms with Gasteiger partial charge in [-0.15, -0.1) is 0 Å². The molecule has 2 fully saturated rings. The third kappa shape index (κ3) is 4.86. The number of likely N-dealkylation sites (tertiary alicyclic amines) is 1. The highest BCUT2D eigenvalue weighted by molar-refractivity contribution is 7.88.